The Labute approximate surface area is 160 Å². The Morgan fingerprint density at radius 1 is 1.31 bits per heavy atom. The van der Waals surface area contributed by atoms with Gasteiger partial charge in [-0.3, -0.25) is 0 Å². The molecular weight excluding hydrogens is 355 g/mol. The average Bonchev–Trinajstić information content (AvgIpc) is 2.54. The third kappa shape index (κ3) is 4.07. The van der Waals surface area contributed by atoms with Crippen molar-refractivity contribution in [3.8, 4) is 11.5 Å². The summed E-state index contributed by atoms with van der Waals surface area (Å²) in [7, 11) is 0. The van der Waals surface area contributed by atoms with E-state index >= 15 is 0 Å². The Morgan fingerprint density at radius 2 is 1.92 bits per heavy atom. The fraction of sp³-hybridized carbons (Fsp3) is 0.524. The van der Waals surface area contributed by atoms with Gasteiger partial charge in [-0.1, -0.05) is 25.4 Å². The monoisotopic (exact) mass is 382 g/mol. The van der Waals surface area contributed by atoms with Crippen LogP contribution < -0.4 is 9.47 Å². The number of hydrogen-bond acceptors (Lipinski definition) is 3. The van der Waals surface area contributed by atoms with E-state index in [-0.39, 0.29) is 12.0 Å². The number of aliphatic hydroxyl groups excluding tert-OH is 1. The molecule has 0 radical (unpaired) electrons. The van der Waals surface area contributed by atoms with Crippen molar-refractivity contribution in [3.63, 3.8) is 0 Å². The number of hydrogen-bond donors (Lipinski definition) is 1. The van der Waals surface area contributed by atoms with Gasteiger partial charge < -0.3 is 14.6 Å². The zero-order valence-electron chi connectivity index (χ0n) is 16.5. The summed E-state index contributed by atoms with van der Waals surface area (Å²) in [6, 6.07) is 1.85. The first-order chi connectivity index (χ1) is 12.0. The van der Waals surface area contributed by atoms with Crippen LogP contribution in [0.2, 0.25) is 5.02 Å². The SMILES string of the molecule is CC(=C(F)CO)c1cc2c(c(Cl)c1OC(C)C)OC(C)(C)C=C2C(C)C. The maximum atomic E-state index is 14.2. The molecule has 0 saturated heterocycles. The lowest BCUT2D eigenvalue weighted by Crippen LogP contribution is -2.30. The maximum Gasteiger partial charge on any atom is 0.150 e. The third-order valence-electron chi connectivity index (χ3n) is 4.28. The summed E-state index contributed by atoms with van der Waals surface area (Å²) in [5.74, 6) is 0.563. The molecular formula is C21H28ClFO3. The van der Waals surface area contributed by atoms with Crippen LogP contribution in [0.15, 0.2) is 18.0 Å². The molecule has 0 fully saturated rings. The van der Waals surface area contributed by atoms with Gasteiger partial charge in [0.05, 0.1) is 12.7 Å². The number of benzene rings is 1. The first kappa shape index (κ1) is 20.8. The van der Waals surface area contributed by atoms with Gasteiger partial charge in [-0.05, 0) is 63.8 Å². The van der Waals surface area contributed by atoms with Gasteiger partial charge in [0, 0.05) is 11.1 Å². The van der Waals surface area contributed by atoms with Crippen molar-refractivity contribution in [2.75, 3.05) is 6.61 Å². The Balaban J connectivity index is 2.83. The lowest BCUT2D eigenvalue weighted by molar-refractivity contribution is 0.156. The van der Waals surface area contributed by atoms with E-state index in [9.17, 15) is 9.50 Å². The van der Waals surface area contributed by atoms with E-state index in [0.29, 0.717) is 27.7 Å². The van der Waals surface area contributed by atoms with Gasteiger partial charge in [0.25, 0.3) is 0 Å². The van der Waals surface area contributed by atoms with Crippen LogP contribution in [-0.2, 0) is 0 Å². The van der Waals surface area contributed by atoms with Gasteiger partial charge in [0.15, 0.2) is 5.75 Å². The van der Waals surface area contributed by atoms with Crippen LogP contribution in [0.25, 0.3) is 11.1 Å². The molecule has 0 unspecified atom stereocenters. The zero-order valence-corrected chi connectivity index (χ0v) is 17.3. The van der Waals surface area contributed by atoms with Gasteiger partial charge >= 0.3 is 0 Å². The highest BCUT2D eigenvalue weighted by molar-refractivity contribution is 6.34. The highest BCUT2D eigenvalue weighted by Crippen LogP contribution is 2.50. The quantitative estimate of drug-likeness (QED) is 0.675. The Hall–Kier alpha value is -1.52. The molecule has 1 aliphatic rings. The molecule has 0 saturated carbocycles. The summed E-state index contributed by atoms with van der Waals surface area (Å²) >= 11 is 6.68. The van der Waals surface area contributed by atoms with E-state index in [1.807, 2.05) is 33.8 Å². The van der Waals surface area contributed by atoms with Crippen molar-refractivity contribution >= 4 is 22.7 Å². The van der Waals surface area contributed by atoms with Crippen LogP contribution in [0.5, 0.6) is 11.5 Å². The van der Waals surface area contributed by atoms with E-state index in [2.05, 4.69) is 19.9 Å². The standard InChI is InChI=1S/C21H28ClFO3/c1-11(2)16-9-21(6,7)26-20-15(16)8-14(13(5)17(23)10-24)19(18(20)22)25-12(3)4/h8-9,11-12,24H,10H2,1-7H3. The summed E-state index contributed by atoms with van der Waals surface area (Å²) in [5, 5.41) is 9.54. The molecule has 2 rings (SSSR count). The van der Waals surface area contributed by atoms with E-state index < -0.39 is 18.0 Å². The number of allylic oxidation sites excluding steroid dienone is 2. The number of aliphatic hydroxyl groups is 1. The van der Waals surface area contributed by atoms with Crippen LogP contribution in [0.1, 0.15) is 59.6 Å². The summed E-state index contributed by atoms with van der Waals surface area (Å²) in [4.78, 5) is 0. The van der Waals surface area contributed by atoms with Gasteiger partial charge in [-0.2, -0.15) is 0 Å². The largest absolute Gasteiger partial charge is 0.489 e. The predicted molar refractivity (Wildman–Crippen MR) is 106 cm³/mol. The Kier molecular flexibility index (Phi) is 6.09. The molecule has 1 aromatic carbocycles. The molecule has 5 heteroatoms. The van der Waals surface area contributed by atoms with Crippen molar-refractivity contribution < 1.29 is 19.0 Å². The Bertz CT molecular complexity index is 761. The van der Waals surface area contributed by atoms with E-state index in [0.717, 1.165) is 11.1 Å². The summed E-state index contributed by atoms with van der Waals surface area (Å²) in [6.45, 7) is 12.8. The second-order valence-electron chi connectivity index (χ2n) is 7.76. The summed E-state index contributed by atoms with van der Waals surface area (Å²) < 4.78 is 26.2. The maximum absolute atomic E-state index is 14.2. The summed E-state index contributed by atoms with van der Waals surface area (Å²) in [5.41, 5.74) is 2.26. The number of rotatable bonds is 5. The first-order valence-electron chi connectivity index (χ1n) is 8.90. The molecule has 1 aliphatic heterocycles. The molecule has 0 bridgehead atoms. The normalized spacial score (nSPS) is 16.8. The van der Waals surface area contributed by atoms with Gasteiger partial charge in [0.1, 0.15) is 22.2 Å². The highest BCUT2D eigenvalue weighted by atomic mass is 35.5. The first-order valence-corrected chi connectivity index (χ1v) is 9.28. The van der Waals surface area contributed by atoms with E-state index in [1.165, 1.54) is 0 Å². The van der Waals surface area contributed by atoms with Crippen molar-refractivity contribution in [2.45, 2.75) is 60.2 Å². The molecule has 0 aliphatic carbocycles. The van der Waals surface area contributed by atoms with Crippen LogP contribution >= 0.6 is 11.6 Å². The summed E-state index contributed by atoms with van der Waals surface area (Å²) in [6.07, 6.45) is 1.93. The molecule has 0 spiro atoms. The molecule has 0 atom stereocenters. The fourth-order valence-electron chi connectivity index (χ4n) is 3.05. The fourth-order valence-corrected chi connectivity index (χ4v) is 3.33. The van der Waals surface area contributed by atoms with Crippen molar-refractivity contribution in [2.24, 2.45) is 5.92 Å². The van der Waals surface area contributed by atoms with Crippen LogP contribution in [-0.4, -0.2) is 23.4 Å². The van der Waals surface area contributed by atoms with E-state index in [1.54, 1.807) is 6.92 Å². The molecule has 0 amide bonds. The van der Waals surface area contributed by atoms with Crippen LogP contribution in [0, 0.1) is 5.92 Å². The molecule has 3 nitrogen and oxygen atoms in total. The topological polar surface area (TPSA) is 38.7 Å². The van der Waals surface area contributed by atoms with Crippen LogP contribution in [0.3, 0.4) is 0 Å². The molecule has 0 aromatic heterocycles. The molecule has 144 valence electrons. The predicted octanol–water partition coefficient (Wildman–Crippen LogP) is 6.03. The lowest BCUT2D eigenvalue weighted by Gasteiger charge is -2.34. The second kappa shape index (κ2) is 7.61. The van der Waals surface area contributed by atoms with Gasteiger partial charge in [0.2, 0.25) is 0 Å². The lowest BCUT2D eigenvalue weighted by atomic mass is 9.86. The third-order valence-corrected chi connectivity index (χ3v) is 4.62. The highest BCUT2D eigenvalue weighted by Gasteiger charge is 2.32. The number of fused-ring (bicyclic) bond motifs is 1. The second-order valence-corrected chi connectivity index (χ2v) is 8.14. The van der Waals surface area contributed by atoms with E-state index in [4.69, 9.17) is 21.1 Å². The van der Waals surface area contributed by atoms with Crippen LogP contribution in [0.4, 0.5) is 4.39 Å². The van der Waals surface area contributed by atoms with Gasteiger partial charge in [-0.25, -0.2) is 4.39 Å². The minimum absolute atomic E-state index is 0.147. The minimum atomic E-state index is -0.669. The van der Waals surface area contributed by atoms with Crippen molar-refractivity contribution in [1.29, 1.82) is 0 Å². The zero-order chi connectivity index (χ0) is 19.8. The van der Waals surface area contributed by atoms with Crippen molar-refractivity contribution in [1.82, 2.24) is 0 Å². The Morgan fingerprint density at radius 3 is 2.42 bits per heavy atom. The van der Waals surface area contributed by atoms with Gasteiger partial charge in [-0.15, -0.1) is 0 Å². The van der Waals surface area contributed by atoms with Crippen molar-refractivity contribution in [3.05, 3.63) is 34.1 Å². The minimum Gasteiger partial charge on any atom is -0.489 e. The smallest absolute Gasteiger partial charge is 0.150 e. The molecule has 26 heavy (non-hydrogen) atoms. The average molecular weight is 383 g/mol. The molecule has 1 N–H and O–H groups in total. The number of ether oxygens (including phenoxy) is 2. The molecule has 1 aromatic rings. The number of halogens is 2. The molecule has 1 heterocycles.